The average Bonchev–Trinajstić information content (AvgIpc) is 3.45. The Morgan fingerprint density at radius 3 is 2.60 bits per heavy atom. The molecule has 1 aliphatic rings. The number of ether oxygens (including phenoxy) is 1. The Morgan fingerprint density at radius 2 is 1.77 bits per heavy atom. The lowest BCUT2D eigenvalue weighted by Gasteiger charge is -2.11. The predicted molar refractivity (Wildman–Crippen MR) is 130 cm³/mol. The van der Waals surface area contributed by atoms with Gasteiger partial charge in [0.1, 0.15) is 17.9 Å². The highest BCUT2D eigenvalue weighted by Crippen LogP contribution is 2.30. The molecular formula is C26H18N6O3. The zero-order valence-corrected chi connectivity index (χ0v) is 18.3. The molecule has 9 nitrogen and oxygen atoms in total. The number of nitrogens with one attached hydrogen (secondary N) is 1. The number of nitrogen functional groups attached to an aromatic ring is 1. The van der Waals surface area contributed by atoms with Gasteiger partial charge in [0.05, 0.1) is 11.1 Å². The summed E-state index contributed by atoms with van der Waals surface area (Å²) in [5.74, 6) is 0.282. The van der Waals surface area contributed by atoms with Crippen LogP contribution in [0.15, 0.2) is 79.1 Å². The van der Waals surface area contributed by atoms with Crippen molar-refractivity contribution in [2.75, 3.05) is 11.1 Å². The van der Waals surface area contributed by atoms with Gasteiger partial charge in [0.25, 0.3) is 5.91 Å². The number of fused-ring (bicyclic) bond motifs is 2. The number of hydrogen-bond donors (Lipinski definition) is 2. The van der Waals surface area contributed by atoms with E-state index in [0.29, 0.717) is 45.2 Å². The van der Waals surface area contributed by atoms with Crippen LogP contribution < -0.4 is 11.1 Å². The summed E-state index contributed by atoms with van der Waals surface area (Å²) in [6.07, 6.45) is 3.33. The fourth-order valence-electron chi connectivity index (χ4n) is 4.10. The maximum atomic E-state index is 12.9. The van der Waals surface area contributed by atoms with Crippen LogP contribution >= 0.6 is 0 Å². The Kier molecular flexibility index (Phi) is 4.74. The van der Waals surface area contributed by atoms with Gasteiger partial charge in [-0.05, 0) is 60.7 Å². The Hall–Kier alpha value is -5.05. The molecule has 0 spiro atoms. The second kappa shape index (κ2) is 8.07. The van der Waals surface area contributed by atoms with Gasteiger partial charge < -0.3 is 15.8 Å². The molecule has 4 heterocycles. The number of carbonyl (C=O) groups excluding carboxylic acids is 2. The van der Waals surface area contributed by atoms with Gasteiger partial charge in [0.15, 0.2) is 11.5 Å². The summed E-state index contributed by atoms with van der Waals surface area (Å²) in [5.41, 5.74) is 11.2. The fourth-order valence-corrected chi connectivity index (χ4v) is 4.10. The highest BCUT2D eigenvalue weighted by Gasteiger charge is 2.22. The van der Waals surface area contributed by atoms with Crippen molar-refractivity contribution in [2.24, 2.45) is 0 Å². The number of rotatable bonds is 4. The standard InChI is InChI=1S/C26H18N6O3/c27-22-19(3-1-11-28-22)23-31-21-4-2-12-29-24(21)32(23)18-9-6-15(7-10-18)25(33)30-17-8-5-16-14-35-26(34)20(16)13-17/h1-13H,14H2,(H2,27,28)(H,30,33). The number of esters is 1. The van der Waals surface area contributed by atoms with Crippen LogP contribution in [0.5, 0.6) is 0 Å². The van der Waals surface area contributed by atoms with Gasteiger partial charge >= 0.3 is 5.97 Å². The van der Waals surface area contributed by atoms with Crippen molar-refractivity contribution in [1.82, 2.24) is 19.5 Å². The van der Waals surface area contributed by atoms with E-state index in [1.54, 1.807) is 48.8 Å². The lowest BCUT2D eigenvalue weighted by Crippen LogP contribution is -2.12. The van der Waals surface area contributed by atoms with E-state index in [2.05, 4.69) is 15.3 Å². The third kappa shape index (κ3) is 3.55. The van der Waals surface area contributed by atoms with Crippen molar-refractivity contribution in [2.45, 2.75) is 6.61 Å². The van der Waals surface area contributed by atoms with Gasteiger partial charge in [-0.25, -0.2) is 19.7 Å². The summed E-state index contributed by atoms with van der Waals surface area (Å²) in [5, 5.41) is 2.83. The van der Waals surface area contributed by atoms with E-state index in [1.165, 1.54) is 0 Å². The molecule has 5 aromatic rings. The number of amides is 1. The van der Waals surface area contributed by atoms with Crippen LogP contribution in [0.4, 0.5) is 11.5 Å². The normalized spacial score (nSPS) is 12.4. The quantitative estimate of drug-likeness (QED) is 0.387. The molecule has 170 valence electrons. The van der Waals surface area contributed by atoms with Gasteiger partial charge in [-0.2, -0.15) is 0 Å². The number of nitrogens with zero attached hydrogens (tertiary/aromatic N) is 4. The van der Waals surface area contributed by atoms with Gasteiger partial charge in [0.2, 0.25) is 0 Å². The first-order chi connectivity index (χ1) is 17.1. The smallest absolute Gasteiger partial charge is 0.338 e. The van der Waals surface area contributed by atoms with Gasteiger partial charge in [-0.1, -0.05) is 6.07 Å². The van der Waals surface area contributed by atoms with E-state index in [0.717, 1.165) is 11.3 Å². The van der Waals surface area contributed by atoms with E-state index in [9.17, 15) is 9.59 Å². The van der Waals surface area contributed by atoms with E-state index >= 15 is 0 Å². The van der Waals surface area contributed by atoms with Gasteiger partial charge in [-0.3, -0.25) is 9.36 Å². The third-order valence-corrected chi connectivity index (χ3v) is 5.83. The first-order valence-corrected chi connectivity index (χ1v) is 10.8. The van der Waals surface area contributed by atoms with Crippen LogP contribution in [0.1, 0.15) is 26.3 Å². The number of benzene rings is 2. The summed E-state index contributed by atoms with van der Waals surface area (Å²) >= 11 is 0. The first kappa shape index (κ1) is 20.5. The summed E-state index contributed by atoms with van der Waals surface area (Å²) in [6.45, 7) is 0.258. The Bertz CT molecular complexity index is 1620. The number of anilines is 2. The van der Waals surface area contributed by atoms with Crippen LogP contribution in [0.3, 0.4) is 0 Å². The molecule has 6 rings (SSSR count). The largest absolute Gasteiger partial charge is 0.457 e. The Balaban J connectivity index is 1.34. The molecule has 0 aliphatic carbocycles. The average molecular weight is 462 g/mol. The topological polar surface area (TPSA) is 125 Å². The molecule has 3 aromatic heterocycles. The van der Waals surface area contributed by atoms with E-state index in [4.69, 9.17) is 15.5 Å². The molecule has 1 aliphatic heterocycles. The SMILES string of the molecule is Nc1ncccc1-c1nc2cccnc2n1-c1ccc(C(=O)Nc2ccc3c(c2)C(=O)OC3)cc1. The second-order valence-corrected chi connectivity index (χ2v) is 8.00. The summed E-state index contributed by atoms with van der Waals surface area (Å²) < 4.78 is 6.91. The number of cyclic esters (lactones) is 1. The van der Waals surface area contributed by atoms with E-state index in [-0.39, 0.29) is 18.5 Å². The molecule has 2 aromatic carbocycles. The van der Waals surface area contributed by atoms with Crippen LogP contribution in [-0.4, -0.2) is 31.4 Å². The maximum absolute atomic E-state index is 12.9. The highest BCUT2D eigenvalue weighted by atomic mass is 16.5. The lowest BCUT2D eigenvalue weighted by molar-refractivity contribution is 0.0535. The minimum atomic E-state index is -0.383. The molecule has 3 N–H and O–H groups in total. The van der Waals surface area contributed by atoms with Crippen LogP contribution in [0.2, 0.25) is 0 Å². The predicted octanol–water partition coefficient (Wildman–Crippen LogP) is 3.99. The first-order valence-electron chi connectivity index (χ1n) is 10.8. The van der Waals surface area contributed by atoms with Crippen molar-refractivity contribution in [3.63, 3.8) is 0 Å². The molecule has 1 amide bonds. The fraction of sp³-hybridized carbons (Fsp3) is 0.0385. The zero-order chi connectivity index (χ0) is 23.9. The number of hydrogen-bond acceptors (Lipinski definition) is 7. The van der Waals surface area contributed by atoms with Crippen LogP contribution in [0.25, 0.3) is 28.2 Å². The third-order valence-electron chi connectivity index (χ3n) is 5.83. The Morgan fingerprint density at radius 1 is 0.971 bits per heavy atom. The second-order valence-electron chi connectivity index (χ2n) is 8.00. The summed E-state index contributed by atoms with van der Waals surface area (Å²) in [7, 11) is 0. The molecule has 0 radical (unpaired) electrons. The molecule has 0 fully saturated rings. The van der Waals surface area contributed by atoms with Crippen molar-refractivity contribution >= 4 is 34.5 Å². The molecule has 0 unspecified atom stereocenters. The number of aromatic nitrogens is 4. The van der Waals surface area contributed by atoms with Crippen molar-refractivity contribution in [1.29, 1.82) is 0 Å². The van der Waals surface area contributed by atoms with Crippen LogP contribution in [-0.2, 0) is 11.3 Å². The maximum Gasteiger partial charge on any atom is 0.338 e. The van der Waals surface area contributed by atoms with Crippen molar-refractivity contribution in [3.05, 3.63) is 95.8 Å². The van der Waals surface area contributed by atoms with Crippen LogP contribution in [0, 0.1) is 0 Å². The number of nitrogens with two attached hydrogens (primary N) is 1. The molecule has 0 saturated heterocycles. The summed E-state index contributed by atoms with van der Waals surface area (Å²) in [6, 6.07) is 19.6. The van der Waals surface area contributed by atoms with Crippen molar-refractivity contribution < 1.29 is 14.3 Å². The lowest BCUT2D eigenvalue weighted by atomic mass is 10.1. The monoisotopic (exact) mass is 462 g/mol. The minimum absolute atomic E-state index is 0.258. The molecule has 0 saturated carbocycles. The van der Waals surface area contributed by atoms with Gasteiger partial charge in [-0.15, -0.1) is 0 Å². The summed E-state index contributed by atoms with van der Waals surface area (Å²) in [4.78, 5) is 38.1. The highest BCUT2D eigenvalue weighted by molar-refractivity contribution is 6.05. The molecule has 35 heavy (non-hydrogen) atoms. The molecule has 0 bridgehead atoms. The minimum Gasteiger partial charge on any atom is -0.457 e. The number of imidazole rings is 1. The molecular weight excluding hydrogens is 444 g/mol. The van der Waals surface area contributed by atoms with Crippen molar-refractivity contribution in [3.8, 4) is 17.1 Å². The molecule has 0 atom stereocenters. The zero-order valence-electron chi connectivity index (χ0n) is 18.3. The van der Waals surface area contributed by atoms with Gasteiger partial charge in [0, 0.05) is 34.9 Å². The van der Waals surface area contributed by atoms with E-state index in [1.807, 2.05) is 34.9 Å². The number of pyridine rings is 2. The molecule has 9 heteroatoms. The number of carbonyl (C=O) groups is 2. The Labute approximate surface area is 199 Å². The van der Waals surface area contributed by atoms with E-state index < -0.39 is 0 Å².